The lowest BCUT2D eigenvalue weighted by Crippen LogP contribution is -2.19. The zero-order valence-corrected chi connectivity index (χ0v) is 12.0. The molecule has 0 aromatic heterocycles. The van der Waals surface area contributed by atoms with Crippen molar-refractivity contribution in [2.45, 2.75) is 57.9 Å². The van der Waals surface area contributed by atoms with Crippen molar-refractivity contribution in [1.82, 2.24) is 0 Å². The minimum absolute atomic E-state index is 0.282. The topological polar surface area (TPSA) is 26.0 Å². The van der Waals surface area contributed by atoms with E-state index in [9.17, 15) is 0 Å². The number of halogens is 1. The largest absolute Gasteiger partial charge is 0.327 e. The molecular formula is C16H24ClN. The molecule has 1 saturated carbocycles. The van der Waals surface area contributed by atoms with Crippen LogP contribution in [0, 0.1) is 5.92 Å². The summed E-state index contributed by atoms with van der Waals surface area (Å²) >= 11 is 5.98. The molecule has 1 nitrogen and oxygen atoms in total. The lowest BCUT2D eigenvalue weighted by Gasteiger charge is -2.15. The van der Waals surface area contributed by atoms with E-state index >= 15 is 0 Å². The predicted molar refractivity (Wildman–Crippen MR) is 79.1 cm³/mol. The number of rotatable bonds is 0. The molecule has 0 radical (unpaired) electrons. The lowest BCUT2D eigenvalue weighted by molar-refractivity contribution is 0.385. The Labute approximate surface area is 116 Å². The molecule has 1 fully saturated rings. The van der Waals surface area contributed by atoms with Crippen molar-refractivity contribution in [3.05, 3.63) is 34.3 Å². The van der Waals surface area contributed by atoms with E-state index in [2.05, 4.69) is 13.0 Å². The molecule has 1 atom stereocenters. The monoisotopic (exact) mass is 265 g/mol. The van der Waals surface area contributed by atoms with E-state index in [1.54, 1.807) is 0 Å². The third kappa shape index (κ3) is 3.73. The fraction of sp³-hybridized carbons (Fsp3) is 0.625. The molecule has 0 amide bonds. The van der Waals surface area contributed by atoms with Gasteiger partial charge in [-0.15, -0.1) is 0 Å². The van der Waals surface area contributed by atoms with Gasteiger partial charge in [-0.05, 0) is 36.0 Å². The molecule has 2 aliphatic rings. The summed E-state index contributed by atoms with van der Waals surface area (Å²) in [6.07, 6.45) is 9.36. The Balaban J connectivity index is 0.000000149. The molecule has 0 aliphatic heterocycles. The Morgan fingerprint density at radius 2 is 1.83 bits per heavy atom. The van der Waals surface area contributed by atoms with Crippen molar-refractivity contribution in [2.75, 3.05) is 0 Å². The zero-order chi connectivity index (χ0) is 13.0. The van der Waals surface area contributed by atoms with Gasteiger partial charge in [0.15, 0.2) is 0 Å². The van der Waals surface area contributed by atoms with Crippen LogP contribution in [0.4, 0.5) is 0 Å². The fourth-order valence-electron chi connectivity index (χ4n) is 2.95. The van der Waals surface area contributed by atoms with Crippen LogP contribution in [0.25, 0.3) is 0 Å². The lowest BCUT2D eigenvalue weighted by atomic mass is 9.91. The van der Waals surface area contributed by atoms with Crippen molar-refractivity contribution < 1.29 is 0 Å². The van der Waals surface area contributed by atoms with Crippen LogP contribution < -0.4 is 5.73 Å². The highest BCUT2D eigenvalue weighted by Gasteiger charge is 2.19. The van der Waals surface area contributed by atoms with Gasteiger partial charge < -0.3 is 5.73 Å². The second kappa shape index (κ2) is 6.58. The highest BCUT2D eigenvalue weighted by Crippen LogP contribution is 2.27. The van der Waals surface area contributed by atoms with Crippen LogP contribution in [-0.2, 0) is 12.8 Å². The molecule has 0 heterocycles. The quantitative estimate of drug-likeness (QED) is 0.741. The minimum atomic E-state index is 0.282. The van der Waals surface area contributed by atoms with Gasteiger partial charge in [-0.25, -0.2) is 0 Å². The van der Waals surface area contributed by atoms with Gasteiger partial charge in [0.25, 0.3) is 0 Å². The molecule has 18 heavy (non-hydrogen) atoms. The Kier molecular flexibility index (Phi) is 5.08. The average molecular weight is 266 g/mol. The second-order valence-corrected chi connectivity index (χ2v) is 6.20. The fourth-order valence-corrected chi connectivity index (χ4v) is 3.22. The van der Waals surface area contributed by atoms with E-state index in [1.165, 1.54) is 43.2 Å². The summed E-state index contributed by atoms with van der Waals surface area (Å²) in [4.78, 5) is 0. The number of nitrogens with two attached hydrogens (primary N) is 1. The Bertz CT molecular complexity index is 383. The summed E-state index contributed by atoms with van der Waals surface area (Å²) in [5.74, 6) is 1.04. The normalized spacial score (nSPS) is 23.2. The molecule has 3 rings (SSSR count). The molecule has 2 heteroatoms. The summed E-state index contributed by atoms with van der Waals surface area (Å²) in [5, 5.41) is 0.871. The maximum absolute atomic E-state index is 5.98. The third-order valence-electron chi connectivity index (χ3n) is 4.06. The highest BCUT2D eigenvalue weighted by atomic mass is 35.5. The first kappa shape index (κ1) is 13.9. The van der Waals surface area contributed by atoms with Gasteiger partial charge in [-0.2, -0.15) is 0 Å². The van der Waals surface area contributed by atoms with Gasteiger partial charge in [0.1, 0.15) is 0 Å². The number of benzene rings is 1. The maximum Gasteiger partial charge on any atom is 0.0441 e. The number of hydrogen-bond donors (Lipinski definition) is 1. The van der Waals surface area contributed by atoms with Gasteiger partial charge in [0, 0.05) is 11.1 Å². The number of fused-ring (bicyclic) bond motifs is 1. The molecular weight excluding hydrogens is 242 g/mol. The van der Waals surface area contributed by atoms with E-state index in [-0.39, 0.29) is 6.04 Å². The van der Waals surface area contributed by atoms with Gasteiger partial charge in [-0.3, -0.25) is 0 Å². The summed E-state index contributed by atoms with van der Waals surface area (Å²) in [5.41, 5.74) is 8.37. The van der Waals surface area contributed by atoms with Crippen LogP contribution in [0.2, 0.25) is 5.02 Å². The number of hydrogen-bond acceptors (Lipinski definition) is 1. The molecule has 1 unspecified atom stereocenters. The van der Waals surface area contributed by atoms with Crippen LogP contribution in [0.5, 0.6) is 0 Å². The first-order valence-electron chi connectivity index (χ1n) is 7.18. The smallest absolute Gasteiger partial charge is 0.0441 e. The van der Waals surface area contributed by atoms with E-state index in [0.29, 0.717) is 0 Å². The van der Waals surface area contributed by atoms with Crippen LogP contribution in [0.3, 0.4) is 0 Å². The van der Waals surface area contributed by atoms with Crippen molar-refractivity contribution in [3.63, 3.8) is 0 Å². The third-order valence-corrected chi connectivity index (χ3v) is 4.41. The SMILES string of the molecule is CC1CCCCC1.NC1Cc2cccc(Cl)c2C1. The van der Waals surface area contributed by atoms with Gasteiger partial charge >= 0.3 is 0 Å². The standard InChI is InChI=1S/C9H10ClN.C7H14/c10-9-3-1-2-6-4-7(11)5-8(6)9;1-7-5-3-2-4-6-7/h1-3,7H,4-5,11H2;7H,2-6H2,1H3. The molecule has 0 saturated heterocycles. The zero-order valence-electron chi connectivity index (χ0n) is 11.3. The van der Waals surface area contributed by atoms with Gasteiger partial charge in [-0.1, -0.05) is 62.8 Å². The molecule has 2 aliphatic carbocycles. The molecule has 1 aromatic carbocycles. The van der Waals surface area contributed by atoms with Crippen molar-refractivity contribution in [1.29, 1.82) is 0 Å². The van der Waals surface area contributed by atoms with Crippen LogP contribution in [0.15, 0.2) is 18.2 Å². The summed E-state index contributed by atoms with van der Waals surface area (Å²) in [7, 11) is 0. The van der Waals surface area contributed by atoms with Crippen molar-refractivity contribution in [2.24, 2.45) is 11.7 Å². The first-order chi connectivity index (χ1) is 8.66. The average Bonchev–Trinajstić information content (AvgIpc) is 2.73. The van der Waals surface area contributed by atoms with Crippen LogP contribution in [-0.4, -0.2) is 6.04 Å². The molecule has 2 N–H and O–H groups in total. The molecule has 100 valence electrons. The first-order valence-corrected chi connectivity index (χ1v) is 7.56. The van der Waals surface area contributed by atoms with Gasteiger partial charge in [0.2, 0.25) is 0 Å². The van der Waals surface area contributed by atoms with Crippen molar-refractivity contribution >= 4 is 11.6 Å². The molecule has 0 bridgehead atoms. The van der Waals surface area contributed by atoms with E-state index in [1.807, 2.05) is 12.1 Å². The van der Waals surface area contributed by atoms with E-state index in [0.717, 1.165) is 23.8 Å². The van der Waals surface area contributed by atoms with E-state index in [4.69, 9.17) is 17.3 Å². The van der Waals surface area contributed by atoms with Crippen LogP contribution >= 0.6 is 11.6 Å². The highest BCUT2D eigenvalue weighted by molar-refractivity contribution is 6.31. The Morgan fingerprint density at radius 3 is 2.39 bits per heavy atom. The summed E-state index contributed by atoms with van der Waals surface area (Å²) < 4.78 is 0. The van der Waals surface area contributed by atoms with Crippen LogP contribution in [0.1, 0.15) is 50.2 Å². The van der Waals surface area contributed by atoms with Gasteiger partial charge in [0.05, 0.1) is 0 Å². The predicted octanol–water partition coefficient (Wildman–Crippen LogP) is 4.35. The molecule has 1 aromatic rings. The Morgan fingerprint density at radius 1 is 1.11 bits per heavy atom. The minimum Gasteiger partial charge on any atom is -0.327 e. The summed E-state index contributed by atoms with van der Waals surface area (Å²) in [6, 6.07) is 6.30. The molecule has 0 spiro atoms. The maximum atomic E-state index is 5.98. The summed E-state index contributed by atoms with van der Waals surface area (Å²) in [6.45, 7) is 2.36. The van der Waals surface area contributed by atoms with Crippen molar-refractivity contribution in [3.8, 4) is 0 Å². The Hall–Kier alpha value is -0.530. The second-order valence-electron chi connectivity index (χ2n) is 5.79. The van der Waals surface area contributed by atoms with E-state index < -0.39 is 0 Å².